The number of hydrogen-bond donors (Lipinski definition) is 0. The molecule has 0 radical (unpaired) electrons. The fourth-order valence-corrected chi connectivity index (χ4v) is 1.45. The zero-order chi connectivity index (χ0) is 8.55. The van der Waals surface area contributed by atoms with E-state index in [1.807, 2.05) is 30.3 Å². The average molecular weight is 159 g/mol. The lowest BCUT2D eigenvalue weighted by molar-refractivity contribution is -0.306. The summed E-state index contributed by atoms with van der Waals surface area (Å²) in [5.41, 5.74) is 1.81. The van der Waals surface area contributed by atoms with Gasteiger partial charge >= 0.3 is 0 Å². The number of benzene rings is 1. The van der Waals surface area contributed by atoms with Gasteiger partial charge in [-0.05, 0) is 11.1 Å². The van der Waals surface area contributed by atoms with Crippen LogP contribution < -0.4 is 5.11 Å². The number of carbonyl (C=O) groups is 1. The molecule has 0 bridgehead atoms. The third-order valence-corrected chi connectivity index (χ3v) is 2.05. The van der Waals surface area contributed by atoms with E-state index >= 15 is 0 Å². The van der Waals surface area contributed by atoms with Gasteiger partial charge in [-0.25, -0.2) is 0 Å². The number of carboxylic acid groups (broad SMARTS) is 1. The third kappa shape index (κ3) is 0.925. The zero-order valence-corrected chi connectivity index (χ0v) is 6.36. The number of carboxylic acids is 1. The van der Waals surface area contributed by atoms with Gasteiger partial charge in [0.2, 0.25) is 0 Å². The van der Waals surface area contributed by atoms with Crippen LogP contribution in [0.2, 0.25) is 0 Å². The third-order valence-electron chi connectivity index (χ3n) is 2.05. The van der Waals surface area contributed by atoms with E-state index in [-0.39, 0.29) is 0 Å². The molecule has 12 heavy (non-hydrogen) atoms. The largest absolute Gasteiger partial charge is 0.549 e. The second-order valence-electron chi connectivity index (χ2n) is 2.78. The van der Waals surface area contributed by atoms with Crippen LogP contribution in [0.15, 0.2) is 30.3 Å². The van der Waals surface area contributed by atoms with Crippen molar-refractivity contribution in [3.05, 3.63) is 41.5 Å². The number of carbonyl (C=O) groups excluding carboxylic acids is 1. The Morgan fingerprint density at radius 2 is 2.08 bits per heavy atom. The van der Waals surface area contributed by atoms with E-state index in [1.165, 1.54) is 0 Å². The van der Waals surface area contributed by atoms with E-state index in [2.05, 4.69) is 0 Å². The fraction of sp³-hybridized carbons (Fsp3) is 0.100. The van der Waals surface area contributed by atoms with Crippen molar-refractivity contribution in [2.24, 2.45) is 0 Å². The van der Waals surface area contributed by atoms with Crippen molar-refractivity contribution in [2.75, 3.05) is 0 Å². The Labute approximate surface area is 70.2 Å². The lowest BCUT2D eigenvalue weighted by Crippen LogP contribution is -2.27. The van der Waals surface area contributed by atoms with E-state index in [1.54, 1.807) is 6.08 Å². The second kappa shape index (κ2) is 2.48. The van der Waals surface area contributed by atoms with Gasteiger partial charge in [-0.3, -0.25) is 0 Å². The van der Waals surface area contributed by atoms with Crippen molar-refractivity contribution in [3.63, 3.8) is 0 Å². The maximum atomic E-state index is 10.6. The van der Waals surface area contributed by atoms with E-state index in [0.717, 1.165) is 11.1 Å². The molecular weight excluding hydrogens is 152 g/mol. The van der Waals surface area contributed by atoms with Gasteiger partial charge in [0.1, 0.15) is 0 Å². The van der Waals surface area contributed by atoms with Crippen LogP contribution in [0.3, 0.4) is 0 Å². The molecule has 0 heterocycles. The summed E-state index contributed by atoms with van der Waals surface area (Å²) < 4.78 is 0. The summed E-state index contributed by atoms with van der Waals surface area (Å²) in [7, 11) is 0. The van der Waals surface area contributed by atoms with Gasteiger partial charge < -0.3 is 9.90 Å². The molecule has 0 fully saturated rings. The molecule has 0 unspecified atom stereocenters. The van der Waals surface area contributed by atoms with Crippen molar-refractivity contribution in [1.82, 2.24) is 0 Å². The van der Waals surface area contributed by atoms with E-state index < -0.39 is 11.9 Å². The number of aliphatic carboxylic acids is 1. The molecule has 1 aromatic carbocycles. The molecule has 2 heteroatoms. The first-order valence-corrected chi connectivity index (χ1v) is 3.77. The van der Waals surface area contributed by atoms with Crippen LogP contribution in [-0.2, 0) is 4.79 Å². The minimum atomic E-state index is -1.03. The molecule has 0 aromatic heterocycles. The highest BCUT2D eigenvalue weighted by molar-refractivity contribution is 5.83. The zero-order valence-electron chi connectivity index (χ0n) is 6.36. The van der Waals surface area contributed by atoms with Crippen molar-refractivity contribution in [2.45, 2.75) is 5.92 Å². The van der Waals surface area contributed by atoms with Gasteiger partial charge in [0.05, 0.1) is 5.97 Å². The van der Waals surface area contributed by atoms with Gasteiger partial charge in [0, 0.05) is 5.92 Å². The predicted octanol–water partition coefficient (Wildman–Crippen LogP) is 0.547. The Morgan fingerprint density at radius 3 is 2.83 bits per heavy atom. The van der Waals surface area contributed by atoms with Crippen molar-refractivity contribution < 1.29 is 9.90 Å². The second-order valence-corrected chi connectivity index (χ2v) is 2.78. The minimum absolute atomic E-state index is 0.554. The standard InChI is InChI=1S/C10H8O2/c11-10(12)9-6-5-7-3-1-2-4-8(7)9/h1-6,9H,(H,11,12)/p-1/t9-/m1/s1. The SMILES string of the molecule is O=C([O-])[C@@H]1C=Cc2ccccc21. The molecule has 1 aromatic rings. The molecule has 60 valence electrons. The average Bonchev–Trinajstić information content (AvgIpc) is 2.47. The van der Waals surface area contributed by atoms with Crippen molar-refractivity contribution in [3.8, 4) is 0 Å². The van der Waals surface area contributed by atoms with E-state index in [4.69, 9.17) is 0 Å². The summed E-state index contributed by atoms with van der Waals surface area (Å²) in [5, 5.41) is 10.6. The normalized spacial score (nSPS) is 19.2. The summed E-state index contributed by atoms with van der Waals surface area (Å²) in [6.07, 6.45) is 3.47. The number of rotatable bonds is 1. The Balaban J connectivity index is 2.49. The molecule has 2 nitrogen and oxygen atoms in total. The molecule has 0 saturated carbocycles. The summed E-state index contributed by atoms with van der Waals surface area (Å²) in [4.78, 5) is 10.6. The number of hydrogen-bond acceptors (Lipinski definition) is 2. The molecule has 0 saturated heterocycles. The Kier molecular flexibility index (Phi) is 1.47. The van der Waals surface area contributed by atoms with Crippen LogP contribution in [0.1, 0.15) is 17.0 Å². The van der Waals surface area contributed by atoms with Crippen LogP contribution in [0.5, 0.6) is 0 Å². The smallest absolute Gasteiger partial charge is 0.0527 e. The lowest BCUT2D eigenvalue weighted by atomic mass is 10.0. The van der Waals surface area contributed by atoms with Crippen LogP contribution >= 0.6 is 0 Å². The Morgan fingerprint density at radius 1 is 1.33 bits per heavy atom. The molecular formula is C10H7O2-. The van der Waals surface area contributed by atoms with Crippen LogP contribution in [0.25, 0.3) is 6.08 Å². The monoisotopic (exact) mass is 159 g/mol. The predicted molar refractivity (Wildman–Crippen MR) is 43.2 cm³/mol. The fourth-order valence-electron chi connectivity index (χ4n) is 1.45. The first kappa shape index (κ1) is 7.10. The summed E-state index contributed by atoms with van der Waals surface area (Å²) in [5.74, 6) is -1.59. The van der Waals surface area contributed by atoms with Gasteiger partial charge in [-0.2, -0.15) is 0 Å². The molecule has 0 N–H and O–H groups in total. The van der Waals surface area contributed by atoms with Crippen molar-refractivity contribution in [1.29, 1.82) is 0 Å². The maximum Gasteiger partial charge on any atom is 0.0527 e. The van der Waals surface area contributed by atoms with Crippen molar-refractivity contribution >= 4 is 12.0 Å². The Bertz CT molecular complexity index is 353. The highest BCUT2D eigenvalue weighted by Gasteiger charge is 2.16. The first-order valence-electron chi connectivity index (χ1n) is 3.77. The van der Waals surface area contributed by atoms with Gasteiger partial charge in [-0.1, -0.05) is 36.4 Å². The topological polar surface area (TPSA) is 40.1 Å². The minimum Gasteiger partial charge on any atom is -0.549 e. The summed E-state index contributed by atoms with van der Waals surface area (Å²) in [6, 6.07) is 7.44. The molecule has 0 amide bonds. The highest BCUT2D eigenvalue weighted by Crippen LogP contribution is 2.28. The van der Waals surface area contributed by atoms with Gasteiger partial charge in [-0.15, -0.1) is 0 Å². The molecule has 1 aliphatic carbocycles. The quantitative estimate of drug-likeness (QED) is 0.600. The molecule has 2 rings (SSSR count). The van der Waals surface area contributed by atoms with Crippen LogP contribution in [-0.4, -0.2) is 5.97 Å². The van der Waals surface area contributed by atoms with E-state index in [9.17, 15) is 9.90 Å². The maximum absolute atomic E-state index is 10.6. The Hall–Kier alpha value is -1.57. The van der Waals surface area contributed by atoms with Crippen LogP contribution in [0.4, 0.5) is 0 Å². The molecule has 1 aliphatic rings. The summed E-state index contributed by atoms with van der Waals surface area (Å²) >= 11 is 0. The van der Waals surface area contributed by atoms with Gasteiger partial charge in [0.25, 0.3) is 0 Å². The molecule has 1 atom stereocenters. The molecule has 0 aliphatic heterocycles. The highest BCUT2D eigenvalue weighted by atomic mass is 16.4. The first-order chi connectivity index (χ1) is 5.79. The van der Waals surface area contributed by atoms with Gasteiger partial charge in [0.15, 0.2) is 0 Å². The van der Waals surface area contributed by atoms with E-state index in [0.29, 0.717) is 0 Å². The number of fused-ring (bicyclic) bond motifs is 1. The lowest BCUT2D eigenvalue weighted by Gasteiger charge is -2.10. The van der Waals surface area contributed by atoms with Crippen LogP contribution in [0, 0.1) is 0 Å². The summed E-state index contributed by atoms with van der Waals surface area (Å²) in [6.45, 7) is 0. The molecule has 0 spiro atoms.